The smallest absolute Gasteiger partial charge is 0.366 e. The summed E-state index contributed by atoms with van der Waals surface area (Å²) in [5.74, 6) is 0. The largest absolute Gasteiger partial charge is 0.417 e. The molecule has 0 N–H and O–H groups in total. The van der Waals surface area contributed by atoms with Crippen molar-refractivity contribution < 1.29 is 31.1 Å². The third kappa shape index (κ3) is 4.15. The first-order chi connectivity index (χ1) is 8.54. The molecule has 2 nitrogen and oxygen atoms in total. The molecule has 0 fully saturated rings. The molecular weight excluding hydrogens is 276 g/mol. The number of nitrogens with zero attached hydrogens (tertiary/aromatic N) is 1. The number of halogens is 6. The van der Waals surface area contributed by atoms with E-state index in [0.29, 0.717) is 11.0 Å². The van der Waals surface area contributed by atoms with Gasteiger partial charge in [-0.3, -0.25) is 4.79 Å². The first-order valence-electron chi connectivity index (χ1n) is 4.99. The third-order valence-corrected chi connectivity index (χ3v) is 2.33. The fourth-order valence-electron chi connectivity index (χ4n) is 1.49. The quantitative estimate of drug-likeness (QED) is 0.625. The predicted octanol–water partition coefficient (Wildman–Crippen LogP) is 3.52. The zero-order valence-electron chi connectivity index (χ0n) is 9.64. The summed E-state index contributed by atoms with van der Waals surface area (Å²) in [5.41, 5.74) is -2.14. The van der Waals surface area contributed by atoms with E-state index in [0.717, 1.165) is 19.2 Å². The predicted molar refractivity (Wildman–Crippen MR) is 56.2 cm³/mol. The van der Waals surface area contributed by atoms with Gasteiger partial charge in [0.2, 0.25) is 0 Å². The summed E-state index contributed by atoms with van der Waals surface area (Å²) in [7, 11) is 1.02. The first-order valence-corrected chi connectivity index (χ1v) is 4.99. The molecule has 0 heterocycles. The van der Waals surface area contributed by atoms with Gasteiger partial charge in [0, 0.05) is 18.3 Å². The molecule has 1 rings (SSSR count). The minimum Gasteiger partial charge on any atom is -0.366 e. The van der Waals surface area contributed by atoms with E-state index in [-0.39, 0.29) is 12.0 Å². The number of carbonyl (C=O) groups is 1. The van der Waals surface area contributed by atoms with Crippen LogP contribution >= 0.6 is 0 Å². The van der Waals surface area contributed by atoms with Gasteiger partial charge in [-0.15, -0.1) is 0 Å². The number of hydrogen-bond donors (Lipinski definition) is 0. The summed E-state index contributed by atoms with van der Waals surface area (Å²) < 4.78 is 74.3. The van der Waals surface area contributed by atoms with Gasteiger partial charge in [0.05, 0.1) is 5.56 Å². The number of alkyl halides is 6. The molecule has 0 saturated carbocycles. The lowest BCUT2D eigenvalue weighted by molar-refractivity contribution is -0.137. The first kappa shape index (κ1) is 15.3. The van der Waals surface area contributed by atoms with E-state index >= 15 is 0 Å². The van der Waals surface area contributed by atoms with Crippen molar-refractivity contribution in [2.75, 3.05) is 18.5 Å². The number of carbonyl (C=O) groups excluding carboxylic acids is 1. The van der Waals surface area contributed by atoms with Crippen molar-refractivity contribution in [3.63, 3.8) is 0 Å². The number of aldehydes is 1. The van der Waals surface area contributed by atoms with Crippen LogP contribution in [0.4, 0.5) is 32.0 Å². The van der Waals surface area contributed by atoms with Crippen LogP contribution in [0.3, 0.4) is 0 Å². The van der Waals surface area contributed by atoms with Crippen LogP contribution in [-0.2, 0) is 6.18 Å². The topological polar surface area (TPSA) is 20.3 Å². The number of rotatable bonds is 3. The van der Waals surface area contributed by atoms with Crippen molar-refractivity contribution >= 4 is 12.0 Å². The number of hydrogen-bond acceptors (Lipinski definition) is 2. The van der Waals surface area contributed by atoms with Gasteiger partial charge in [-0.25, -0.2) is 0 Å². The monoisotopic (exact) mass is 285 g/mol. The highest BCUT2D eigenvalue weighted by Gasteiger charge is 2.35. The summed E-state index contributed by atoms with van der Waals surface area (Å²) in [5, 5.41) is 0. The maximum atomic E-state index is 12.6. The third-order valence-electron chi connectivity index (χ3n) is 2.33. The zero-order chi connectivity index (χ0) is 14.8. The Bertz CT molecular complexity index is 465. The Labute approximate surface area is 104 Å². The minimum atomic E-state index is -4.80. The second kappa shape index (κ2) is 5.10. The van der Waals surface area contributed by atoms with Gasteiger partial charge in [-0.05, 0) is 18.2 Å². The summed E-state index contributed by atoms with van der Waals surface area (Å²) in [6, 6.07) is 2.40. The molecule has 0 unspecified atom stereocenters. The van der Waals surface area contributed by atoms with Gasteiger partial charge >= 0.3 is 12.4 Å². The summed E-state index contributed by atoms with van der Waals surface area (Å²) in [4.78, 5) is 11.1. The molecule has 1 aromatic rings. The number of benzene rings is 1. The summed E-state index contributed by atoms with van der Waals surface area (Å²) in [6.07, 6.45) is -9.32. The Morgan fingerprint density at radius 1 is 1.16 bits per heavy atom. The number of anilines is 1. The van der Waals surface area contributed by atoms with Crippen molar-refractivity contribution in [2.24, 2.45) is 0 Å². The van der Waals surface area contributed by atoms with E-state index in [2.05, 4.69) is 0 Å². The minimum absolute atomic E-state index is 0.0103. The average Bonchev–Trinajstić information content (AvgIpc) is 2.24. The molecule has 0 aliphatic rings. The maximum absolute atomic E-state index is 12.6. The standard InChI is InChI=1S/C11H9F6NO/c1-18(6-10(12,13)14)8-3-2-7(5-19)9(4-8)11(15,16)17/h2-5H,6H2,1H3. The molecule has 0 aliphatic heterocycles. The highest BCUT2D eigenvalue weighted by Crippen LogP contribution is 2.34. The molecule has 0 aromatic heterocycles. The maximum Gasteiger partial charge on any atom is 0.417 e. The van der Waals surface area contributed by atoms with Crippen molar-refractivity contribution in [2.45, 2.75) is 12.4 Å². The summed E-state index contributed by atoms with van der Waals surface area (Å²) >= 11 is 0. The summed E-state index contributed by atoms with van der Waals surface area (Å²) in [6.45, 7) is -1.38. The molecule has 1 aromatic carbocycles. The molecule has 8 heteroatoms. The van der Waals surface area contributed by atoms with E-state index in [1.807, 2.05) is 0 Å². The van der Waals surface area contributed by atoms with Crippen LogP contribution < -0.4 is 4.90 Å². The van der Waals surface area contributed by atoms with Crippen LogP contribution in [0.2, 0.25) is 0 Å². The molecule has 0 aliphatic carbocycles. The van der Waals surface area contributed by atoms with Gasteiger partial charge in [0.15, 0.2) is 6.29 Å². The van der Waals surface area contributed by atoms with Crippen molar-refractivity contribution in [1.82, 2.24) is 0 Å². The lowest BCUT2D eigenvalue weighted by Crippen LogP contribution is -2.31. The molecule has 0 atom stereocenters. The van der Waals surface area contributed by atoms with Gasteiger partial charge in [-0.2, -0.15) is 26.3 Å². The highest BCUT2D eigenvalue weighted by atomic mass is 19.4. The van der Waals surface area contributed by atoms with Crippen molar-refractivity contribution in [1.29, 1.82) is 0 Å². The molecule has 0 bridgehead atoms. The van der Waals surface area contributed by atoms with Crippen LogP contribution in [0.5, 0.6) is 0 Å². The van der Waals surface area contributed by atoms with Crippen molar-refractivity contribution in [3.8, 4) is 0 Å². The normalized spacial score (nSPS) is 12.4. The molecule has 19 heavy (non-hydrogen) atoms. The molecule has 0 spiro atoms. The fraction of sp³-hybridized carbons (Fsp3) is 0.364. The van der Waals surface area contributed by atoms with Crippen LogP contribution in [0.1, 0.15) is 15.9 Å². The Morgan fingerprint density at radius 2 is 1.74 bits per heavy atom. The van der Waals surface area contributed by atoms with E-state index in [4.69, 9.17) is 0 Å². The van der Waals surface area contributed by atoms with Crippen LogP contribution in [0, 0.1) is 0 Å². The Kier molecular flexibility index (Phi) is 4.12. The van der Waals surface area contributed by atoms with E-state index in [1.165, 1.54) is 0 Å². The second-order valence-corrected chi connectivity index (χ2v) is 3.86. The highest BCUT2D eigenvalue weighted by molar-refractivity contribution is 5.79. The van der Waals surface area contributed by atoms with E-state index in [1.54, 1.807) is 0 Å². The SMILES string of the molecule is CN(CC(F)(F)F)c1ccc(C=O)c(C(F)(F)F)c1. The second-order valence-electron chi connectivity index (χ2n) is 3.86. The molecule has 0 radical (unpaired) electrons. The Morgan fingerprint density at radius 3 is 2.16 bits per heavy atom. The van der Waals surface area contributed by atoms with Crippen LogP contribution in [0.25, 0.3) is 0 Å². The molecule has 106 valence electrons. The lowest BCUT2D eigenvalue weighted by Gasteiger charge is -2.22. The van der Waals surface area contributed by atoms with Crippen molar-refractivity contribution in [3.05, 3.63) is 29.3 Å². The Hall–Kier alpha value is -1.73. The van der Waals surface area contributed by atoms with Gasteiger partial charge in [0.1, 0.15) is 6.54 Å². The fourth-order valence-corrected chi connectivity index (χ4v) is 1.49. The lowest BCUT2D eigenvalue weighted by atomic mass is 10.1. The van der Waals surface area contributed by atoms with Gasteiger partial charge in [-0.1, -0.05) is 0 Å². The van der Waals surface area contributed by atoms with Crippen LogP contribution in [-0.4, -0.2) is 26.1 Å². The van der Waals surface area contributed by atoms with E-state index in [9.17, 15) is 31.1 Å². The zero-order valence-corrected chi connectivity index (χ0v) is 9.64. The molecule has 0 saturated heterocycles. The average molecular weight is 285 g/mol. The van der Waals surface area contributed by atoms with E-state index < -0.39 is 30.0 Å². The Balaban J connectivity index is 3.15. The van der Waals surface area contributed by atoms with Gasteiger partial charge < -0.3 is 4.90 Å². The molecular formula is C11H9F6NO. The van der Waals surface area contributed by atoms with Gasteiger partial charge in [0.25, 0.3) is 0 Å². The van der Waals surface area contributed by atoms with Crippen LogP contribution in [0.15, 0.2) is 18.2 Å². The molecule has 0 amide bonds.